The number of aryl methyl sites for hydroxylation is 1. The summed E-state index contributed by atoms with van der Waals surface area (Å²) in [6.45, 7) is 1.98. The lowest BCUT2D eigenvalue weighted by Crippen LogP contribution is -2.07. The van der Waals surface area contributed by atoms with Crippen LogP contribution in [0.5, 0.6) is 0 Å². The van der Waals surface area contributed by atoms with Crippen LogP contribution in [0.4, 0.5) is 5.69 Å². The molecule has 0 saturated heterocycles. The molecule has 18 heavy (non-hydrogen) atoms. The number of nitrogens with zero attached hydrogens (tertiary/aromatic N) is 3. The van der Waals surface area contributed by atoms with Gasteiger partial charge in [0.15, 0.2) is 0 Å². The van der Waals surface area contributed by atoms with Crippen molar-refractivity contribution in [3.63, 3.8) is 0 Å². The third-order valence-corrected chi connectivity index (χ3v) is 2.84. The highest BCUT2D eigenvalue weighted by molar-refractivity contribution is 5.65. The molecule has 0 aliphatic rings. The Morgan fingerprint density at radius 3 is 2.50 bits per heavy atom. The number of rotatable bonds is 3. The number of imidazole rings is 1. The van der Waals surface area contributed by atoms with Gasteiger partial charge in [0.25, 0.3) is 0 Å². The molecule has 2 aromatic rings. The molecule has 0 unspecified atom stereocenters. The molecule has 2 rings (SSSR count). The lowest BCUT2D eigenvalue weighted by atomic mass is 10.1. The second kappa shape index (κ2) is 4.92. The van der Waals surface area contributed by atoms with Gasteiger partial charge in [-0.05, 0) is 19.1 Å². The average molecular weight is 240 g/mol. The number of aromatic nitrogens is 2. The first-order valence-electron chi connectivity index (χ1n) is 5.82. The summed E-state index contributed by atoms with van der Waals surface area (Å²) in [4.78, 5) is 9.65. The van der Waals surface area contributed by atoms with E-state index in [1.54, 1.807) is 0 Å². The molecule has 0 fully saturated rings. The summed E-state index contributed by atoms with van der Waals surface area (Å²) >= 11 is 0. The Kier molecular flexibility index (Phi) is 3.33. The molecule has 0 saturated carbocycles. The fourth-order valence-corrected chi connectivity index (χ4v) is 1.88. The van der Waals surface area contributed by atoms with E-state index in [1.165, 1.54) is 0 Å². The van der Waals surface area contributed by atoms with Crippen LogP contribution in [0, 0.1) is 18.3 Å². The smallest absolute Gasteiger partial charge is 0.121 e. The minimum atomic E-state index is 0.316. The van der Waals surface area contributed by atoms with Gasteiger partial charge < -0.3 is 9.88 Å². The number of aromatic amines is 1. The van der Waals surface area contributed by atoms with E-state index in [-0.39, 0.29) is 0 Å². The summed E-state index contributed by atoms with van der Waals surface area (Å²) in [7, 11) is 4.03. The van der Waals surface area contributed by atoms with Crippen LogP contribution in [0.25, 0.3) is 11.3 Å². The van der Waals surface area contributed by atoms with E-state index >= 15 is 0 Å². The predicted octanol–water partition coefficient (Wildman–Crippen LogP) is 2.52. The quantitative estimate of drug-likeness (QED) is 0.896. The summed E-state index contributed by atoms with van der Waals surface area (Å²) in [5.74, 6) is 0.724. The average Bonchev–Trinajstić information content (AvgIpc) is 2.71. The SMILES string of the molecule is Cc1[nH]c(CC#N)nc1-c1ccc(N(C)C)cc1. The molecule has 0 amide bonds. The predicted molar refractivity (Wildman–Crippen MR) is 72.4 cm³/mol. The molecule has 4 nitrogen and oxygen atoms in total. The zero-order chi connectivity index (χ0) is 13.1. The third-order valence-electron chi connectivity index (χ3n) is 2.84. The molecule has 1 aromatic carbocycles. The first-order valence-corrected chi connectivity index (χ1v) is 5.82. The van der Waals surface area contributed by atoms with Gasteiger partial charge in [-0.3, -0.25) is 0 Å². The standard InChI is InChI=1S/C14H16N4/c1-10-14(17-13(16-10)8-9-15)11-4-6-12(7-5-11)18(2)3/h4-7H,8H2,1-3H3,(H,16,17). The van der Waals surface area contributed by atoms with Gasteiger partial charge in [-0.25, -0.2) is 4.98 Å². The fraction of sp³-hybridized carbons (Fsp3) is 0.286. The number of nitrogens with one attached hydrogen (secondary N) is 1. The van der Waals surface area contributed by atoms with Crippen LogP contribution in [-0.2, 0) is 6.42 Å². The Labute approximate surface area is 107 Å². The van der Waals surface area contributed by atoms with Crippen molar-refractivity contribution in [3.8, 4) is 17.3 Å². The molecule has 0 radical (unpaired) electrons. The van der Waals surface area contributed by atoms with Gasteiger partial charge in [0.2, 0.25) is 0 Å². The Morgan fingerprint density at radius 1 is 1.28 bits per heavy atom. The van der Waals surface area contributed by atoms with Crippen LogP contribution < -0.4 is 4.90 Å². The van der Waals surface area contributed by atoms with Crippen LogP contribution in [0.3, 0.4) is 0 Å². The maximum atomic E-state index is 8.67. The van der Waals surface area contributed by atoms with E-state index in [2.05, 4.69) is 45.2 Å². The number of hydrogen-bond donors (Lipinski definition) is 1. The molecular formula is C14H16N4. The van der Waals surface area contributed by atoms with Crippen LogP contribution in [0.1, 0.15) is 11.5 Å². The summed E-state index contributed by atoms with van der Waals surface area (Å²) in [6, 6.07) is 10.3. The zero-order valence-electron chi connectivity index (χ0n) is 10.9. The van der Waals surface area contributed by atoms with Crippen molar-refractivity contribution in [3.05, 3.63) is 35.8 Å². The zero-order valence-corrected chi connectivity index (χ0v) is 10.9. The lowest BCUT2D eigenvalue weighted by Gasteiger charge is -2.12. The molecular weight excluding hydrogens is 224 g/mol. The van der Waals surface area contributed by atoms with Crippen molar-refractivity contribution in [1.82, 2.24) is 9.97 Å². The molecule has 0 spiro atoms. The van der Waals surface area contributed by atoms with Crippen molar-refractivity contribution in [1.29, 1.82) is 5.26 Å². The maximum absolute atomic E-state index is 8.67. The van der Waals surface area contributed by atoms with Crippen LogP contribution in [0.2, 0.25) is 0 Å². The highest BCUT2D eigenvalue weighted by Crippen LogP contribution is 2.23. The maximum Gasteiger partial charge on any atom is 0.121 e. The Morgan fingerprint density at radius 2 is 1.94 bits per heavy atom. The van der Waals surface area contributed by atoms with E-state index in [1.807, 2.05) is 21.0 Å². The molecule has 1 heterocycles. The summed E-state index contributed by atoms with van der Waals surface area (Å²) < 4.78 is 0. The van der Waals surface area contributed by atoms with Crippen molar-refractivity contribution < 1.29 is 0 Å². The van der Waals surface area contributed by atoms with Gasteiger partial charge in [-0.1, -0.05) is 12.1 Å². The monoisotopic (exact) mass is 240 g/mol. The van der Waals surface area contributed by atoms with E-state index in [0.29, 0.717) is 6.42 Å². The molecule has 1 N–H and O–H groups in total. The molecule has 0 aliphatic carbocycles. The lowest BCUT2D eigenvalue weighted by molar-refractivity contribution is 1.05. The summed E-state index contributed by atoms with van der Waals surface area (Å²) in [5, 5.41) is 8.67. The van der Waals surface area contributed by atoms with E-state index in [4.69, 9.17) is 5.26 Å². The van der Waals surface area contributed by atoms with E-state index in [0.717, 1.165) is 28.5 Å². The number of benzene rings is 1. The van der Waals surface area contributed by atoms with Gasteiger partial charge in [-0.2, -0.15) is 5.26 Å². The number of hydrogen-bond acceptors (Lipinski definition) is 3. The molecule has 0 atom stereocenters. The van der Waals surface area contributed by atoms with Crippen LogP contribution >= 0.6 is 0 Å². The Bertz CT molecular complexity index is 573. The summed E-state index contributed by atoms with van der Waals surface area (Å²) in [6.07, 6.45) is 0.316. The highest BCUT2D eigenvalue weighted by atomic mass is 15.1. The topological polar surface area (TPSA) is 55.7 Å². The van der Waals surface area contributed by atoms with Crippen molar-refractivity contribution in [2.75, 3.05) is 19.0 Å². The van der Waals surface area contributed by atoms with Crippen molar-refractivity contribution >= 4 is 5.69 Å². The van der Waals surface area contributed by atoms with Gasteiger partial charge >= 0.3 is 0 Å². The summed E-state index contributed by atoms with van der Waals surface area (Å²) in [5.41, 5.74) is 4.14. The molecule has 0 bridgehead atoms. The largest absolute Gasteiger partial charge is 0.378 e. The highest BCUT2D eigenvalue weighted by Gasteiger charge is 2.08. The van der Waals surface area contributed by atoms with E-state index in [9.17, 15) is 0 Å². The first kappa shape index (κ1) is 12.2. The van der Waals surface area contributed by atoms with Gasteiger partial charge in [0.1, 0.15) is 5.82 Å². The fourth-order valence-electron chi connectivity index (χ4n) is 1.88. The minimum Gasteiger partial charge on any atom is -0.378 e. The van der Waals surface area contributed by atoms with Gasteiger partial charge in [0, 0.05) is 31.0 Å². The third kappa shape index (κ3) is 2.35. The second-order valence-electron chi connectivity index (χ2n) is 4.43. The first-order chi connectivity index (χ1) is 8.61. The number of anilines is 1. The molecule has 92 valence electrons. The van der Waals surface area contributed by atoms with E-state index < -0.39 is 0 Å². The normalized spacial score (nSPS) is 10.1. The second-order valence-corrected chi connectivity index (χ2v) is 4.43. The van der Waals surface area contributed by atoms with Crippen LogP contribution in [-0.4, -0.2) is 24.1 Å². The van der Waals surface area contributed by atoms with Crippen molar-refractivity contribution in [2.24, 2.45) is 0 Å². The minimum absolute atomic E-state index is 0.316. The number of nitriles is 1. The van der Waals surface area contributed by atoms with Crippen LogP contribution in [0.15, 0.2) is 24.3 Å². The Balaban J connectivity index is 2.34. The van der Waals surface area contributed by atoms with Gasteiger partial charge in [-0.15, -0.1) is 0 Å². The molecule has 1 aromatic heterocycles. The Hall–Kier alpha value is -2.28. The van der Waals surface area contributed by atoms with Crippen molar-refractivity contribution in [2.45, 2.75) is 13.3 Å². The molecule has 4 heteroatoms. The molecule has 0 aliphatic heterocycles. The number of H-pyrrole nitrogens is 1. The van der Waals surface area contributed by atoms with Gasteiger partial charge in [0.05, 0.1) is 18.2 Å².